The van der Waals surface area contributed by atoms with E-state index < -0.39 is 0 Å². The Labute approximate surface area is 115 Å². The molecular weight excluding hydrogens is 242 g/mol. The molecule has 0 saturated heterocycles. The number of aliphatic hydroxyl groups excluding tert-OH is 1. The van der Waals surface area contributed by atoms with E-state index >= 15 is 0 Å². The van der Waals surface area contributed by atoms with Crippen molar-refractivity contribution in [1.29, 1.82) is 0 Å². The van der Waals surface area contributed by atoms with Crippen LogP contribution >= 0.6 is 0 Å². The molecule has 0 amide bonds. The van der Waals surface area contributed by atoms with Crippen molar-refractivity contribution in [3.05, 3.63) is 23.8 Å². The van der Waals surface area contributed by atoms with E-state index in [1.165, 1.54) is 0 Å². The van der Waals surface area contributed by atoms with Crippen LogP contribution in [-0.2, 0) is 0 Å². The molecular formula is C15H25NO3. The molecule has 3 atom stereocenters. The molecule has 0 spiro atoms. The highest BCUT2D eigenvalue weighted by atomic mass is 16.5. The fourth-order valence-corrected chi connectivity index (χ4v) is 2.27. The summed E-state index contributed by atoms with van der Waals surface area (Å²) in [5, 5.41) is 12.9. The van der Waals surface area contributed by atoms with Crippen molar-refractivity contribution in [1.82, 2.24) is 5.32 Å². The molecule has 0 radical (unpaired) electrons. The molecule has 19 heavy (non-hydrogen) atoms. The quantitative estimate of drug-likeness (QED) is 0.797. The molecule has 0 fully saturated rings. The van der Waals surface area contributed by atoms with Crippen molar-refractivity contribution in [2.45, 2.75) is 45.4 Å². The number of nitrogens with one attached hydrogen (secondary N) is 1. The van der Waals surface area contributed by atoms with E-state index in [0.29, 0.717) is 0 Å². The summed E-state index contributed by atoms with van der Waals surface area (Å²) in [6.45, 7) is 5.95. The van der Waals surface area contributed by atoms with Crippen molar-refractivity contribution in [2.24, 2.45) is 0 Å². The summed E-state index contributed by atoms with van der Waals surface area (Å²) in [5.74, 6) is 1.65. The van der Waals surface area contributed by atoms with Gasteiger partial charge < -0.3 is 19.9 Å². The van der Waals surface area contributed by atoms with E-state index in [2.05, 4.69) is 19.2 Å². The smallest absolute Gasteiger partial charge is 0.123 e. The van der Waals surface area contributed by atoms with Gasteiger partial charge in [-0.25, -0.2) is 0 Å². The van der Waals surface area contributed by atoms with Crippen LogP contribution in [0.1, 0.15) is 38.8 Å². The van der Waals surface area contributed by atoms with Gasteiger partial charge in [0.05, 0.1) is 20.3 Å². The maximum absolute atomic E-state index is 9.40. The van der Waals surface area contributed by atoms with Gasteiger partial charge in [0.15, 0.2) is 0 Å². The molecule has 0 heterocycles. The Morgan fingerprint density at radius 3 is 2.37 bits per heavy atom. The van der Waals surface area contributed by atoms with Crippen molar-refractivity contribution >= 4 is 0 Å². The van der Waals surface area contributed by atoms with Crippen molar-refractivity contribution in [3.63, 3.8) is 0 Å². The minimum Gasteiger partial charge on any atom is -0.497 e. The molecule has 0 aliphatic heterocycles. The fraction of sp³-hybridized carbons (Fsp3) is 0.600. The molecule has 0 aromatic heterocycles. The third kappa shape index (κ3) is 4.73. The van der Waals surface area contributed by atoms with Crippen LogP contribution in [-0.4, -0.2) is 31.5 Å². The molecule has 0 bridgehead atoms. The predicted molar refractivity (Wildman–Crippen MR) is 76.9 cm³/mol. The Morgan fingerprint density at radius 2 is 1.84 bits per heavy atom. The summed E-state index contributed by atoms with van der Waals surface area (Å²) in [6.07, 6.45) is 0.415. The van der Waals surface area contributed by atoms with Crippen LogP contribution in [0.5, 0.6) is 11.5 Å². The first kappa shape index (κ1) is 15.8. The fourth-order valence-electron chi connectivity index (χ4n) is 2.27. The van der Waals surface area contributed by atoms with E-state index in [1.807, 2.05) is 18.2 Å². The SMILES string of the molecule is COc1ccc(OC)c(C(C)NC(C)CC(C)O)c1. The maximum atomic E-state index is 9.40. The summed E-state index contributed by atoms with van der Waals surface area (Å²) in [6, 6.07) is 6.12. The van der Waals surface area contributed by atoms with Crippen LogP contribution in [0.25, 0.3) is 0 Å². The second-order valence-electron chi connectivity index (χ2n) is 4.98. The summed E-state index contributed by atoms with van der Waals surface area (Å²) in [5.41, 5.74) is 1.05. The van der Waals surface area contributed by atoms with E-state index in [-0.39, 0.29) is 18.2 Å². The van der Waals surface area contributed by atoms with E-state index in [0.717, 1.165) is 23.5 Å². The molecule has 4 nitrogen and oxygen atoms in total. The first-order chi connectivity index (χ1) is 8.97. The Balaban J connectivity index is 2.82. The summed E-state index contributed by atoms with van der Waals surface area (Å²) >= 11 is 0. The Hall–Kier alpha value is -1.26. The molecule has 4 heteroatoms. The molecule has 1 aromatic carbocycles. The van der Waals surface area contributed by atoms with Gasteiger partial charge >= 0.3 is 0 Å². The maximum Gasteiger partial charge on any atom is 0.123 e. The van der Waals surface area contributed by atoms with Gasteiger partial charge in [-0.3, -0.25) is 0 Å². The van der Waals surface area contributed by atoms with Crippen LogP contribution in [0, 0.1) is 0 Å². The number of hydrogen-bond donors (Lipinski definition) is 2. The standard InChI is InChI=1S/C15H25NO3/c1-10(8-11(2)17)16-12(3)14-9-13(18-4)6-7-15(14)19-5/h6-7,9-12,16-17H,8H2,1-5H3. The lowest BCUT2D eigenvalue weighted by Crippen LogP contribution is -2.31. The van der Waals surface area contributed by atoms with Gasteiger partial charge in [-0.2, -0.15) is 0 Å². The number of methoxy groups -OCH3 is 2. The largest absolute Gasteiger partial charge is 0.497 e. The molecule has 2 N–H and O–H groups in total. The minimum atomic E-state index is -0.304. The van der Waals surface area contributed by atoms with E-state index in [1.54, 1.807) is 21.1 Å². The Morgan fingerprint density at radius 1 is 1.16 bits per heavy atom. The lowest BCUT2D eigenvalue weighted by molar-refractivity contribution is 0.168. The molecule has 1 aromatic rings. The average molecular weight is 267 g/mol. The second-order valence-corrected chi connectivity index (χ2v) is 4.98. The molecule has 0 aliphatic carbocycles. The zero-order chi connectivity index (χ0) is 14.4. The molecule has 1 rings (SSSR count). The van der Waals surface area contributed by atoms with Crippen LogP contribution in [0.15, 0.2) is 18.2 Å². The van der Waals surface area contributed by atoms with Gasteiger partial charge in [-0.1, -0.05) is 0 Å². The molecule has 0 aliphatic rings. The Kier molecular flexibility index (Phi) is 6.12. The number of rotatable bonds is 7. The highest BCUT2D eigenvalue weighted by Crippen LogP contribution is 2.29. The first-order valence-corrected chi connectivity index (χ1v) is 6.64. The number of aliphatic hydroxyl groups is 1. The number of ether oxygens (including phenoxy) is 2. The van der Waals surface area contributed by atoms with Crippen LogP contribution in [0.3, 0.4) is 0 Å². The zero-order valence-electron chi connectivity index (χ0n) is 12.4. The Bertz CT molecular complexity index is 393. The van der Waals surface area contributed by atoms with Crippen LogP contribution < -0.4 is 14.8 Å². The monoisotopic (exact) mass is 267 g/mol. The van der Waals surface area contributed by atoms with Gasteiger partial charge in [0.25, 0.3) is 0 Å². The predicted octanol–water partition coefficient (Wildman–Crippen LogP) is 2.51. The van der Waals surface area contributed by atoms with Crippen LogP contribution in [0.4, 0.5) is 0 Å². The average Bonchev–Trinajstić information content (AvgIpc) is 2.36. The van der Waals surface area contributed by atoms with Gasteiger partial charge in [-0.15, -0.1) is 0 Å². The third-order valence-electron chi connectivity index (χ3n) is 3.13. The highest BCUT2D eigenvalue weighted by Gasteiger charge is 2.15. The second kappa shape index (κ2) is 7.36. The third-order valence-corrected chi connectivity index (χ3v) is 3.13. The first-order valence-electron chi connectivity index (χ1n) is 6.64. The van der Waals surface area contributed by atoms with Gasteiger partial charge in [0.1, 0.15) is 11.5 Å². The summed E-state index contributed by atoms with van der Waals surface area (Å²) < 4.78 is 10.6. The van der Waals surface area contributed by atoms with Crippen molar-refractivity contribution in [3.8, 4) is 11.5 Å². The van der Waals surface area contributed by atoms with Crippen molar-refractivity contribution in [2.75, 3.05) is 14.2 Å². The van der Waals surface area contributed by atoms with E-state index in [9.17, 15) is 5.11 Å². The topological polar surface area (TPSA) is 50.7 Å². The molecule has 0 saturated carbocycles. The van der Waals surface area contributed by atoms with Gasteiger partial charge in [0.2, 0.25) is 0 Å². The molecule has 3 unspecified atom stereocenters. The van der Waals surface area contributed by atoms with E-state index in [4.69, 9.17) is 9.47 Å². The highest BCUT2D eigenvalue weighted by molar-refractivity contribution is 5.42. The number of benzene rings is 1. The van der Waals surface area contributed by atoms with Gasteiger partial charge in [0, 0.05) is 17.6 Å². The van der Waals surface area contributed by atoms with Crippen molar-refractivity contribution < 1.29 is 14.6 Å². The van der Waals surface area contributed by atoms with Crippen LogP contribution in [0.2, 0.25) is 0 Å². The zero-order valence-corrected chi connectivity index (χ0v) is 12.4. The van der Waals surface area contributed by atoms with Gasteiger partial charge in [-0.05, 0) is 45.4 Å². The summed E-state index contributed by atoms with van der Waals surface area (Å²) in [4.78, 5) is 0. The number of hydrogen-bond acceptors (Lipinski definition) is 4. The summed E-state index contributed by atoms with van der Waals surface area (Å²) in [7, 11) is 3.32. The normalized spacial score (nSPS) is 15.7. The minimum absolute atomic E-state index is 0.124. The molecule has 108 valence electrons. The lowest BCUT2D eigenvalue weighted by Gasteiger charge is -2.23. The lowest BCUT2D eigenvalue weighted by atomic mass is 10.0.